The summed E-state index contributed by atoms with van der Waals surface area (Å²) in [5.74, 6) is 0.245. The molecule has 3 aromatic carbocycles. The number of rotatable bonds is 4. The van der Waals surface area contributed by atoms with Crippen LogP contribution in [-0.2, 0) is 10.3 Å². The lowest BCUT2D eigenvalue weighted by Gasteiger charge is -2.07. The molecule has 0 atom stereocenters. The molecule has 0 saturated heterocycles. The number of benzene rings is 3. The summed E-state index contributed by atoms with van der Waals surface area (Å²) in [7, 11) is -4.07. The molecule has 0 bridgehead atoms. The van der Waals surface area contributed by atoms with Crippen molar-refractivity contribution in [3.8, 4) is 17.0 Å². The highest BCUT2D eigenvalue weighted by Crippen LogP contribution is 2.25. The van der Waals surface area contributed by atoms with Gasteiger partial charge in [-0.1, -0.05) is 54.6 Å². The van der Waals surface area contributed by atoms with Crippen molar-refractivity contribution in [3.05, 3.63) is 84.6 Å². The van der Waals surface area contributed by atoms with Crippen LogP contribution in [0.15, 0.2) is 78.9 Å². The summed E-state index contributed by atoms with van der Waals surface area (Å²) >= 11 is 0. The zero-order chi connectivity index (χ0) is 18.1. The topological polar surface area (TPSA) is 61.2 Å². The maximum Gasteiger partial charge on any atom is 0.429 e. The van der Waals surface area contributed by atoms with Gasteiger partial charge in [0.15, 0.2) is 0 Å². The molecule has 1 heterocycles. The van der Waals surface area contributed by atoms with E-state index >= 15 is 0 Å². The average Bonchev–Trinajstić information content (AvgIpc) is 3.04. The molecule has 5 nitrogen and oxygen atoms in total. The van der Waals surface area contributed by atoms with Gasteiger partial charge in [0.1, 0.15) is 5.75 Å². The maximum atomic E-state index is 12.6. The fourth-order valence-electron chi connectivity index (χ4n) is 2.81. The highest BCUT2D eigenvalue weighted by Gasteiger charge is 2.21. The number of nitrogens with zero attached hydrogens (tertiary/aromatic N) is 2. The second-order valence-corrected chi connectivity index (χ2v) is 7.30. The lowest BCUT2D eigenvalue weighted by molar-refractivity contribution is 0.468. The first-order valence-electron chi connectivity index (χ1n) is 8.09. The lowest BCUT2D eigenvalue weighted by Crippen LogP contribution is -2.21. The quantitative estimate of drug-likeness (QED) is 0.545. The maximum absolute atomic E-state index is 12.6. The first-order valence-corrected chi connectivity index (χ1v) is 9.45. The van der Waals surface area contributed by atoms with E-state index in [2.05, 4.69) is 5.10 Å². The Balaban J connectivity index is 1.72. The predicted molar refractivity (Wildman–Crippen MR) is 101 cm³/mol. The van der Waals surface area contributed by atoms with Crippen molar-refractivity contribution in [2.45, 2.75) is 6.92 Å². The predicted octanol–water partition coefficient (Wildman–Crippen LogP) is 4.18. The minimum atomic E-state index is -4.07. The molecule has 4 rings (SSSR count). The lowest BCUT2D eigenvalue weighted by atomic mass is 10.1. The molecule has 0 fully saturated rings. The SMILES string of the molecule is Cc1cc(-c2ccc3ccccc3c2)nn1S(=O)(=O)Oc1ccccc1. The Kier molecular flexibility index (Phi) is 3.97. The van der Waals surface area contributed by atoms with Gasteiger partial charge in [-0.3, -0.25) is 0 Å². The van der Waals surface area contributed by atoms with Gasteiger partial charge in [0.2, 0.25) is 0 Å². The molecule has 130 valence electrons. The van der Waals surface area contributed by atoms with Crippen molar-refractivity contribution in [1.29, 1.82) is 0 Å². The summed E-state index contributed by atoms with van der Waals surface area (Å²) in [5.41, 5.74) is 1.90. The van der Waals surface area contributed by atoms with E-state index in [4.69, 9.17) is 4.18 Å². The smallest absolute Gasteiger partial charge is 0.366 e. The Morgan fingerprint density at radius 3 is 2.31 bits per heavy atom. The monoisotopic (exact) mass is 364 g/mol. The van der Waals surface area contributed by atoms with Crippen molar-refractivity contribution in [1.82, 2.24) is 9.19 Å². The molecule has 6 heteroatoms. The van der Waals surface area contributed by atoms with Crippen LogP contribution < -0.4 is 4.18 Å². The second kappa shape index (κ2) is 6.31. The zero-order valence-corrected chi connectivity index (χ0v) is 14.8. The number of para-hydroxylation sites is 1. The van der Waals surface area contributed by atoms with Crippen LogP contribution in [0, 0.1) is 6.92 Å². The molecule has 0 amide bonds. The third kappa shape index (κ3) is 3.07. The van der Waals surface area contributed by atoms with E-state index in [1.54, 1.807) is 43.3 Å². The van der Waals surface area contributed by atoms with Crippen LogP contribution in [0.1, 0.15) is 5.69 Å². The van der Waals surface area contributed by atoms with E-state index in [0.717, 1.165) is 20.4 Å². The van der Waals surface area contributed by atoms with Crippen molar-refractivity contribution >= 4 is 21.1 Å². The zero-order valence-electron chi connectivity index (χ0n) is 14.0. The van der Waals surface area contributed by atoms with Crippen LogP contribution in [0.25, 0.3) is 22.0 Å². The highest BCUT2D eigenvalue weighted by atomic mass is 32.2. The van der Waals surface area contributed by atoms with E-state index < -0.39 is 10.3 Å². The summed E-state index contributed by atoms with van der Waals surface area (Å²) in [6, 6.07) is 24.0. The summed E-state index contributed by atoms with van der Waals surface area (Å²) in [5, 5.41) is 6.45. The molecule has 4 aromatic rings. The number of aromatic nitrogens is 2. The first kappa shape index (κ1) is 16.4. The van der Waals surface area contributed by atoms with Crippen molar-refractivity contribution in [2.75, 3.05) is 0 Å². The van der Waals surface area contributed by atoms with Gasteiger partial charge in [-0.05, 0) is 42.0 Å². The van der Waals surface area contributed by atoms with Gasteiger partial charge >= 0.3 is 10.3 Å². The van der Waals surface area contributed by atoms with Crippen molar-refractivity contribution < 1.29 is 12.6 Å². The minimum absolute atomic E-state index is 0.245. The van der Waals surface area contributed by atoms with Crippen LogP contribution in [-0.4, -0.2) is 17.6 Å². The van der Waals surface area contributed by atoms with Crippen LogP contribution in [0.3, 0.4) is 0 Å². The third-order valence-electron chi connectivity index (χ3n) is 4.05. The Bertz CT molecular complexity index is 1180. The highest BCUT2D eigenvalue weighted by molar-refractivity contribution is 7.85. The van der Waals surface area contributed by atoms with Gasteiger partial charge in [0.05, 0.1) is 11.4 Å². The number of hydrogen-bond acceptors (Lipinski definition) is 4. The first-order chi connectivity index (χ1) is 12.5. The molecule has 0 unspecified atom stereocenters. The Hall–Kier alpha value is -3.12. The molecular formula is C20H16N2O3S. The fourth-order valence-corrected chi connectivity index (χ4v) is 3.83. The van der Waals surface area contributed by atoms with Crippen LogP contribution >= 0.6 is 0 Å². The Morgan fingerprint density at radius 1 is 0.846 bits per heavy atom. The van der Waals surface area contributed by atoms with E-state index in [1.807, 2.05) is 42.5 Å². The molecule has 0 radical (unpaired) electrons. The standard InChI is InChI=1S/C20H16N2O3S/c1-15-13-20(18-12-11-16-7-5-6-8-17(16)14-18)21-22(15)26(23,24)25-19-9-3-2-4-10-19/h2-14H,1H3. The van der Waals surface area contributed by atoms with Crippen molar-refractivity contribution in [3.63, 3.8) is 0 Å². The van der Waals surface area contributed by atoms with Crippen molar-refractivity contribution in [2.24, 2.45) is 0 Å². The molecule has 0 aliphatic carbocycles. The van der Waals surface area contributed by atoms with Gasteiger partial charge in [-0.2, -0.15) is 13.5 Å². The van der Waals surface area contributed by atoms with Gasteiger partial charge in [-0.15, -0.1) is 4.09 Å². The average molecular weight is 364 g/mol. The van der Waals surface area contributed by atoms with Gasteiger partial charge in [0, 0.05) is 5.56 Å². The summed E-state index contributed by atoms with van der Waals surface area (Å²) < 4.78 is 31.2. The molecule has 0 saturated carbocycles. The van der Waals surface area contributed by atoms with Crippen LogP contribution in [0.2, 0.25) is 0 Å². The number of fused-ring (bicyclic) bond motifs is 1. The van der Waals surface area contributed by atoms with Gasteiger partial charge < -0.3 is 4.18 Å². The molecule has 1 aromatic heterocycles. The number of hydrogen-bond donors (Lipinski definition) is 0. The fraction of sp³-hybridized carbons (Fsp3) is 0.0500. The second-order valence-electron chi connectivity index (χ2n) is 5.93. The van der Waals surface area contributed by atoms with Crippen LogP contribution in [0.4, 0.5) is 0 Å². The summed E-state index contributed by atoms with van der Waals surface area (Å²) in [6.07, 6.45) is 0. The summed E-state index contributed by atoms with van der Waals surface area (Å²) in [4.78, 5) is 0. The van der Waals surface area contributed by atoms with Crippen LogP contribution in [0.5, 0.6) is 5.75 Å². The third-order valence-corrected chi connectivity index (χ3v) is 5.24. The van der Waals surface area contributed by atoms with Gasteiger partial charge in [0.25, 0.3) is 0 Å². The minimum Gasteiger partial charge on any atom is -0.366 e. The van der Waals surface area contributed by atoms with Gasteiger partial charge in [-0.25, -0.2) is 0 Å². The molecule has 0 N–H and O–H groups in total. The van der Waals surface area contributed by atoms with E-state index in [9.17, 15) is 8.42 Å². The molecule has 0 aliphatic rings. The van der Waals surface area contributed by atoms with E-state index in [0.29, 0.717) is 11.4 Å². The molecule has 0 aliphatic heterocycles. The largest absolute Gasteiger partial charge is 0.429 e. The molecule has 26 heavy (non-hydrogen) atoms. The van der Waals surface area contributed by atoms with E-state index in [1.165, 1.54) is 0 Å². The Labute approximate surface area is 151 Å². The normalized spacial score (nSPS) is 11.6. The van der Waals surface area contributed by atoms with E-state index in [-0.39, 0.29) is 5.75 Å². The number of aryl methyl sites for hydroxylation is 1. The Morgan fingerprint density at radius 2 is 1.54 bits per heavy atom. The summed E-state index contributed by atoms with van der Waals surface area (Å²) in [6.45, 7) is 1.68. The molecular weight excluding hydrogens is 348 g/mol. The molecule has 0 spiro atoms.